The van der Waals surface area contributed by atoms with Gasteiger partial charge in [-0.05, 0) is 221 Å². The van der Waals surface area contributed by atoms with Gasteiger partial charge in [-0.25, -0.2) is 24.5 Å². The number of aryl methyl sites for hydroxylation is 2. The smallest absolute Gasteiger partial charge is 0.478 e. The molecule has 2 amide bonds. The van der Waals surface area contributed by atoms with Crippen molar-refractivity contribution in [2.75, 3.05) is 29.6 Å². The molecule has 1 saturated heterocycles. The van der Waals surface area contributed by atoms with E-state index < -0.39 is 114 Å². The number of carboxylic acids is 1. The first-order valence-corrected chi connectivity index (χ1v) is 41.0. The molecule has 18 nitrogen and oxygen atoms in total. The predicted octanol–water partition coefficient (Wildman–Crippen LogP) is 24.4. The molecule has 4 aromatic heterocycles. The van der Waals surface area contributed by atoms with Gasteiger partial charge in [0.15, 0.2) is 5.78 Å². The number of carboxylic acid groups (broad SMARTS) is 1. The topological polar surface area (TPSA) is 259 Å². The van der Waals surface area contributed by atoms with Crippen molar-refractivity contribution in [1.29, 1.82) is 0 Å². The first kappa shape index (κ1) is 109. The number of allylic oxidation sites excluding steroid dienone is 1. The summed E-state index contributed by atoms with van der Waals surface area (Å²) in [6.45, 7) is 14.4. The highest BCUT2D eigenvalue weighted by molar-refractivity contribution is 9.10. The van der Waals surface area contributed by atoms with Crippen molar-refractivity contribution in [3.63, 3.8) is 0 Å². The number of aliphatic carboxylic acids is 1. The summed E-state index contributed by atoms with van der Waals surface area (Å²) < 4.78 is 245. The second-order valence-electron chi connectivity index (χ2n) is 28.4. The number of hydrogen-bond donors (Lipinski definition) is 6. The van der Waals surface area contributed by atoms with E-state index in [1.54, 1.807) is 136 Å². The largest absolute Gasteiger partial charge is 0.487 e. The highest BCUT2D eigenvalue weighted by Gasteiger charge is 2.50. The molecule has 10 aromatic rings. The van der Waals surface area contributed by atoms with Crippen molar-refractivity contribution < 1.29 is 122 Å². The summed E-state index contributed by atoms with van der Waals surface area (Å²) in [6, 6.07) is 42.7. The van der Waals surface area contributed by atoms with Gasteiger partial charge in [0.2, 0.25) is 0 Å². The Bertz CT molecular complexity index is 5410. The zero-order chi connectivity index (χ0) is 97.2. The molecule has 694 valence electrons. The van der Waals surface area contributed by atoms with Gasteiger partial charge < -0.3 is 46.2 Å². The molecular weight excluding hydrogens is 1940 g/mol. The highest BCUT2D eigenvalue weighted by atomic mass is 79.9. The number of benzene rings is 6. The van der Waals surface area contributed by atoms with Crippen LogP contribution in [0.1, 0.15) is 146 Å². The fourth-order valence-electron chi connectivity index (χ4n) is 11.0. The summed E-state index contributed by atoms with van der Waals surface area (Å²) in [5, 5.41) is 20.0. The summed E-state index contributed by atoms with van der Waals surface area (Å²) >= 11 is 9.06. The minimum Gasteiger partial charge on any atom is -0.478 e. The predicted molar refractivity (Wildman–Crippen MR) is 468 cm³/mol. The number of amides is 2. The molecule has 6 aromatic carbocycles. The molecule has 0 aliphatic carbocycles. The number of pyridine rings is 4. The highest BCUT2D eigenvalue weighted by Crippen LogP contribution is 2.42. The number of ether oxygens (including phenoxy) is 1. The lowest BCUT2D eigenvalue weighted by Gasteiger charge is -2.32. The zero-order valence-electron chi connectivity index (χ0n) is 70.0. The summed E-state index contributed by atoms with van der Waals surface area (Å²) in [5.74, 6) is -2.39. The van der Waals surface area contributed by atoms with Crippen LogP contribution in [0.25, 0.3) is 12.2 Å². The summed E-state index contributed by atoms with van der Waals surface area (Å²) in [7, 11) is 1.42. The van der Waals surface area contributed by atoms with Crippen LogP contribution in [0.15, 0.2) is 252 Å². The third-order valence-electron chi connectivity index (χ3n) is 18.1. The molecule has 1 fully saturated rings. The fourth-order valence-corrected chi connectivity index (χ4v) is 12.2. The van der Waals surface area contributed by atoms with Crippen LogP contribution in [0.2, 0.25) is 0 Å². The van der Waals surface area contributed by atoms with Gasteiger partial charge in [0.05, 0.1) is 51.7 Å². The molecule has 130 heavy (non-hydrogen) atoms. The van der Waals surface area contributed by atoms with Gasteiger partial charge in [-0.1, -0.05) is 145 Å². The molecule has 1 aliphatic heterocycles. The Labute approximate surface area is 761 Å². The van der Waals surface area contributed by atoms with Crippen LogP contribution >= 0.6 is 47.8 Å². The lowest BCUT2D eigenvalue weighted by Crippen LogP contribution is -2.41. The molecule has 1 aliphatic rings. The maximum atomic E-state index is 13.6. The molecule has 11 rings (SSSR count). The van der Waals surface area contributed by atoms with Crippen LogP contribution in [0, 0.1) is 13.8 Å². The van der Waals surface area contributed by atoms with E-state index in [0.29, 0.717) is 79.5 Å². The number of hydrogen-bond acceptors (Lipinski definition) is 15. The van der Waals surface area contributed by atoms with Gasteiger partial charge in [-0.3, -0.25) is 19.4 Å². The standard InChI is InChI=1S/C26H20F6N2O2.C16H14N2O3.C13H10BrF3N2.C11H19BO4.C9H7F6N.C8H5Br2F3.C7H10N2/c1-16-13-17(9-11-21(16)24(36)34-23-7-2-3-12-33-23)8-10-20(35)15-22(26(30,31)32)18-5-4-6-19(14-18)25(27,28)29;1-11-10-12(6-8-15(19)20)5-7-13(11)16(21)18-14-4-2-3-9-17-14;14-10-5-4-9(11(7-10)13(15,16)17)8-19-12-3-1-2-6-18-12;1-6-14-9(13)7-8-12-15-10(2,3)11(4,5)16-12;10-8(11,12)6-3-1-2-5(4-6)7(16)9(13,14)15;9-4-5-1-2-6(10)3-7(5)8(11,12)13;1-8-6-7-4-2-3-5-9-7/h2-14,22H,15H2,1H3,(H,33,34,36);2-10H,1H3,(H,19,20)(H,17,18,21);1-7H,8H2,(H,18,19);7-8H,6H2,1-5H3;1-4,7H,16H2;1-3H,4H2;2-5,8H,6H2,1H3/b10-8+;8-6+;;8-7+;;;. The van der Waals surface area contributed by atoms with Crippen LogP contribution in [-0.4, -0.2) is 98.9 Å². The molecular formula is C90H85BBr3F18N9O9. The van der Waals surface area contributed by atoms with Crippen LogP contribution in [0.5, 0.6) is 0 Å². The number of nitrogens with two attached hydrogens (primary N) is 1. The number of alkyl halides is 19. The van der Waals surface area contributed by atoms with Crippen LogP contribution in [0.3, 0.4) is 0 Å². The number of esters is 1. The quantitative estimate of drug-likeness (QED) is 0.0128. The number of carbonyl (C=O) groups is 5. The number of anilines is 3. The van der Waals surface area contributed by atoms with Gasteiger partial charge >= 0.3 is 56.1 Å². The van der Waals surface area contributed by atoms with E-state index in [2.05, 4.69) is 89.0 Å². The first-order chi connectivity index (χ1) is 60.6. The lowest BCUT2D eigenvalue weighted by molar-refractivity contribution is -0.156. The zero-order valence-corrected chi connectivity index (χ0v) is 74.8. The van der Waals surface area contributed by atoms with Crippen molar-refractivity contribution in [2.45, 2.75) is 134 Å². The Balaban J connectivity index is 0.000000280. The molecule has 5 heterocycles. The minimum absolute atomic E-state index is 0.0686. The van der Waals surface area contributed by atoms with Gasteiger partial charge in [0.1, 0.15) is 23.5 Å². The third kappa shape index (κ3) is 37.6. The molecule has 2 atom stereocenters. The van der Waals surface area contributed by atoms with E-state index in [1.165, 1.54) is 48.7 Å². The fraction of sp³-hybridized carbons (Fsp3) is 0.256. The Kier molecular flexibility index (Phi) is 42.0. The number of carbonyl (C=O) groups excluding carboxylic acids is 4. The molecule has 0 spiro atoms. The number of ketones is 1. The van der Waals surface area contributed by atoms with Gasteiger partial charge in [-0.15, -0.1) is 0 Å². The SMILES string of the molecule is CCOC(=O)/C=C/B1OC(C)(C)C(C)(C)O1.CNCc1ccccn1.Cc1cc(/C=C/C(=O)CC(c2cccc(C(F)(F)F)c2)C(F)(F)F)ccc1C(=O)Nc1ccccn1.Cc1cc(/C=C/C(=O)O)ccc1C(=O)Nc1ccccn1.FC(F)(F)c1cc(Br)ccc1CBr.FC(F)(F)c1cc(Br)ccc1CNc1ccccn1.NC(c1cccc(C(F)(F)F)c1)C(F)(F)F. The molecule has 7 N–H and O–H groups in total. The maximum Gasteiger partial charge on any atom is 0.487 e. The molecule has 0 bridgehead atoms. The van der Waals surface area contributed by atoms with E-state index in [1.807, 2.05) is 52.9 Å². The summed E-state index contributed by atoms with van der Waals surface area (Å²) in [5.41, 5.74) is 4.03. The average molecular weight is 2030 g/mol. The van der Waals surface area contributed by atoms with E-state index in [-0.39, 0.29) is 46.1 Å². The number of nitrogens with zero attached hydrogens (tertiary/aromatic N) is 4. The molecule has 0 saturated carbocycles. The Morgan fingerprint density at radius 3 is 1.35 bits per heavy atom. The number of aromatic nitrogens is 4. The van der Waals surface area contributed by atoms with Crippen molar-refractivity contribution in [2.24, 2.45) is 5.73 Å². The van der Waals surface area contributed by atoms with Crippen LogP contribution in [-0.2, 0) is 71.6 Å². The van der Waals surface area contributed by atoms with Crippen molar-refractivity contribution >= 4 is 114 Å². The van der Waals surface area contributed by atoms with Crippen molar-refractivity contribution in [1.82, 2.24) is 25.3 Å². The molecule has 40 heteroatoms. The lowest BCUT2D eigenvalue weighted by atomic mass is 9.90. The van der Waals surface area contributed by atoms with E-state index in [4.69, 9.17) is 24.9 Å². The minimum atomic E-state index is -4.92. The normalized spacial score (nSPS) is 13.4. The first-order valence-electron chi connectivity index (χ1n) is 38.3. The van der Waals surface area contributed by atoms with Crippen molar-refractivity contribution in [3.8, 4) is 0 Å². The second kappa shape index (κ2) is 50.1. The van der Waals surface area contributed by atoms with Crippen LogP contribution in [0.4, 0.5) is 96.5 Å². The number of halogens is 21. The average Bonchev–Trinajstić information content (AvgIpc) is 1.66. The van der Waals surface area contributed by atoms with E-state index in [9.17, 15) is 103 Å². The maximum absolute atomic E-state index is 13.6. The number of rotatable bonds is 21. The Hall–Kier alpha value is -11.4. The summed E-state index contributed by atoms with van der Waals surface area (Å²) in [6.07, 6.45) is -16.3. The van der Waals surface area contributed by atoms with Gasteiger partial charge in [0.25, 0.3) is 11.8 Å². The monoisotopic (exact) mass is 2030 g/mol. The second-order valence-corrected chi connectivity index (χ2v) is 30.8. The van der Waals surface area contributed by atoms with Crippen LogP contribution < -0.4 is 27.0 Å². The molecule has 0 radical (unpaired) electrons. The Morgan fingerprint density at radius 1 is 0.508 bits per heavy atom. The van der Waals surface area contributed by atoms with Crippen molar-refractivity contribution in [3.05, 3.63) is 336 Å². The summed E-state index contributed by atoms with van der Waals surface area (Å²) in [4.78, 5) is 74.6. The third-order valence-corrected chi connectivity index (χ3v) is 19.7. The van der Waals surface area contributed by atoms with Gasteiger partial charge in [-0.2, -0.15) is 79.0 Å². The van der Waals surface area contributed by atoms with E-state index in [0.717, 1.165) is 71.9 Å². The van der Waals surface area contributed by atoms with Gasteiger partial charge in [0, 0.05) is 81.9 Å². The number of nitrogens with one attached hydrogen (secondary N) is 4. The van der Waals surface area contributed by atoms with E-state index >= 15 is 0 Å². The molecule has 2 unspecified atom stereocenters. The Morgan fingerprint density at radius 2 is 0.946 bits per heavy atom.